The van der Waals surface area contributed by atoms with Gasteiger partial charge in [0.15, 0.2) is 0 Å². The zero-order chi connectivity index (χ0) is 11.9. The Bertz CT molecular complexity index is 439. The number of nitrogens with zero attached hydrogens (tertiary/aromatic N) is 2. The molecule has 17 heavy (non-hydrogen) atoms. The summed E-state index contributed by atoms with van der Waals surface area (Å²) >= 11 is 0. The summed E-state index contributed by atoms with van der Waals surface area (Å²) in [5.41, 5.74) is 2.21. The predicted molar refractivity (Wildman–Crippen MR) is 66.2 cm³/mol. The monoisotopic (exact) mass is 231 g/mol. The van der Waals surface area contributed by atoms with Gasteiger partial charge in [0.25, 0.3) is 0 Å². The van der Waals surface area contributed by atoms with Crippen LogP contribution in [0, 0.1) is 0 Å². The molecule has 90 valence electrons. The van der Waals surface area contributed by atoms with Crippen molar-refractivity contribution in [2.45, 2.75) is 19.9 Å². The minimum absolute atomic E-state index is 0.533. The van der Waals surface area contributed by atoms with E-state index in [4.69, 9.17) is 4.74 Å². The van der Waals surface area contributed by atoms with Crippen molar-refractivity contribution in [2.75, 3.05) is 7.05 Å². The first kappa shape index (κ1) is 11.8. The normalized spacial score (nSPS) is 10.6. The van der Waals surface area contributed by atoms with Crippen molar-refractivity contribution in [1.29, 1.82) is 0 Å². The van der Waals surface area contributed by atoms with Gasteiger partial charge in [0, 0.05) is 12.7 Å². The molecule has 0 unspecified atom stereocenters. The van der Waals surface area contributed by atoms with Crippen LogP contribution >= 0.6 is 0 Å². The average molecular weight is 231 g/mol. The van der Waals surface area contributed by atoms with Crippen LogP contribution in [0.25, 0.3) is 0 Å². The van der Waals surface area contributed by atoms with E-state index < -0.39 is 0 Å². The lowest BCUT2D eigenvalue weighted by Crippen LogP contribution is -2.05. The number of hydrogen-bond acceptors (Lipinski definition) is 3. The minimum Gasteiger partial charge on any atom is -0.356 e. The fourth-order valence-electron chi connectivity index (χ4n) is 1.59. The molecule has 1 N–H and O–H groups in total. The number of rotatable bonds is 6. The third kappa shape index (κ3) is 3.69. The van der Waals surface area contributed by atoms with Gasteiger partial charge in [-0.3, -0.25) is 0 Å². The van der Waals surface area contributed by atoms with Crippen LogP contribution in [-0.2, 0) is 24.6 Å². The first-order valence-corrected chi connectivity index (χ1v) is 5.65. The van der Waals surface area contributed by atoms with Crippen molar-refractivity contribution in [1.82, 2.24) is 14.9 Å². The fourth-order valence-corrected chi connectivity index (χ4v) is 1.59. The number of benzene rings is 1. The van der Waals surface area contributed by atoms with E-state index in [9.17, 15) is 0 Å². The number of hydrogen-bond donors (Lipinski definition) is 1. The lowest BCUT2D eigenvalue weighted by Gasteiger charge is -2.04. The maximum absolute atomic E-state index is 5.60. The van der Waals surface area contributed by atoms with Crippen molar-refractivity contribution in [3.63, 3.8) is 0 Å². The van der Waals surface area contributed by atoms with Crippen molar-refractivity contribution >= 4 is 0 Å². The van der Waals surface area contributed by atoms with Gasteiger partial charge < -0.3 is 14.6 Å². The molecule has 0 spiro atoms. The molecule has 0 bridgehead atoms. The van der Waals surface area contributed by atoms with E-state index in [0.717, 1.165) is 12.2 Å². The number of imidazole rings is 1. The summed E-state index contributed by atoms with van der Waals surface area (Å²) in [6.07, 6.45) is 3.78. The Morgan fingerprint density at radius 1 is 1.29 bits per heavy atom. The molecule has 0 radical (unpaired) electrons. The van der Waals surface area contributed by atoms with Gasteiger partial charge in [-0.05, 0) is 12.6 Å². The highest BCUT2D eigenvalue weighted by atomic mass is 16.5. The van der Waals surface area contributed by atoms with Gasteiger partial charge in [0.2, 0.25) is 0 Å². The van der Waals surface area contributed by atoms with Crippen molar-refractivity contribution in [3.8, 4) is 0 Å². The highest BCUT2D eigenvalue weighted by Crippen LogP contribution is 2.02. The number of aromatic nitrogens is 2. The quantitative estimate of drug-likeness (QED) is 0.823. The molecule has 0 aliphatic carbocycles. The lowest BCUT2D eigenvalue weighted by molar-refractivity contribution is 0.0639. The van der Waals surface area contributed by atoms with Crippen molar-refractivity contribution < 1.29 is 4.74 Å². The van der Waals surface area contributed by atoms with E-state index >= 15 is 0 Å². The molecule has 0 amide bonds. The van der Waals surface area contributed by atoms with Gasteiger partial charge in [-0.15, -0.1) is 0 Å². The molecule has 0 aliphatic heterocycles. The zero-order valence-electron chi connectivity index (χ0n) is 9.97. The fraction of sp³-hybridized carbons (Fsp3) is 0.308. The Morgan fingerprint density at radius 3 is 2.88 bits per heavy atom. The Balaban J connectivity index is 1.78. The molecule has 1 heterocycles. The van der Waals surface area contributed by atoms with Crippen LogP contribution in [0.15, 0.2) is 42.9 Å². The summed E-state index contributed by atoms with van der Waals surface area (Å²) in [5.74, 6) is 0. The highest BCUT2D eigenvalue weighted by molar-refractivity contribution is 5.13. The van der Waals surface area contributed by atoms with Gasteiger partial charge >= 0.3 is 0 Å². The Morgan fingerprint density at radius 2 is 2.12 bits per heavy atom. The number of ether oxygens (including phenoxy) is 1. The van der Waals surface area contributed by atoms with E-state index in [0.29, 0.717) is 13.3 Å². The van der Waals surface area contributed by atoms with E-state index in [2.05, 4.69) is 22.4 Å². The second kappa shape index (κ2) is 6.18. The summed E-state index contributed by atoms with van der Waals surface area (Å²) in [5, 5.41) is 3.06. The first-order valence-electron chi connectivity index (χ1n) is 5.65. The molecule has 4 nitrogen and oxygen atoms in total. The van der Waals surface area contributed by atoms with Crippen LogP contribution in [0.1, 0.15) is 11.3 Å². The Kier molecular flexibility index (Phi) is 4.30. The summed E-state index contributed by atoms with van der Waals surface area (Å²) in [4.78, 5) is 4.25. The second-order valence-electron chi connectivity index (χ2n) is 3.87. The summed E-state index contributed by atoms with van der Waals surface area (Å²) in [6, 6.07) is 10.1. The lowest BCUT2D eigenvalue weighted by atomic mass is 10.2. The molecule has 0 saturated carbocycles. The highest BCUT2D eigenvalue weighted by Gasteiger charge is 1.97. The van der Waals surface area contributed by atoms with Crippen LogP contribution in [0.4, 0.5) is 0 Å². The van der Waals surface area contributed by atoms with Crippen molar-refractivity contribution in [2.24, 2.45) is 0 Å². The molecule has 2 rings (SSSR count). The number of nitrogens with one attached hydrogen (secondary N) is 1. The Labute approximate surface area is 101 Å². The summed E-state index contributed by atoms with van der Waals surface area (Å²) in [6.45, 7) is 1.94. The van der Waals surface area contributed by atoms with E-state index in [1.165, 1.54) is 5.56 Å². The first-order chi connectivity index (χ1) is 8.38. The van der Waals surface area contributed by atoms with Crippen LogP contribution in [0.2, 0.25) is 0 Å². The van der Waals surface area contributed by atoms with E-state index in [-0.39, 0.29) is 0 Å². The third-order valence-corrected chi connectivity index (χ3v) is 2.40. The van der Waals surface area contributed by atoms with Gasteiger partial charge in [-0.2, -0.15) is 0 Å². The largest absolute Gasteiger partial charge is 0.356 e. The summed E-state index contributed by atoms with van der Waals surface area (Å²) in [7, 11) is 1.91. The molecule has 2 aromatic rings. The van der Waals surface area contributed by atoms with Gasteiger partial charge in [-0.25, -0.2) is 4.98 Å². The summed E-state index contributed by atoms with van der Waals surface area (Å²) < 4.78 is 7.54. The van der Waals surface area contributed by atoms with Crippen LogP contribution in [0.3, 0.4) is 0 Å². The van der Waals surface area contributed by atoms with E-state index in [1.54, 1.807) is 6.33 Å². The minimum atomic E-state index is 0.533. The molecule has 0 saturated heterocycles. The topological polar surface area (TPSA) is 39.1 Å². The molecule has 1 aromatic heterocycles. The molecular formula is C13H17N3O. The maximum atomic E-state index is 5.60. The molecular weight excluding hydrogens is 214 g/mol. The molecule has 4 heteroatoms. The molecule has 0 atom stereocenters. The van der Waals surface area contributed by atoms with Crippen LogP contribution < -0.4 is 5.32 Å². The van der Waals surface area contributed by atoms with Crippen LogP contribution in [-0.4, -0.2) is 16.6 Å². The second-order valence-corrected chi connectivity index (χ2v) is 3.87. The van der Waals surface area contributed by atoms with Gasteiger partial charge in [0.05, 0.1) is 18.6 Å². The molecule has 1 aromatic carbocycles. The van der Waals surface area contributed by atoms with Gasteiger partial charge in [0.1, 0.15) is 6.73 Å². The van der Waals surface area contributed by atoms with Crippen molar-refractivity contribution in [3.05, 3.63) is 54.1 Å². The maximum Gasteiger partial charge on any atom is 0.124 e. The Hall–Kier alpha value is -1.65. The predicted octanol–water partition coefficient (Wildman–Crippen LogP) is 1.78. The van der Waals surface area contributed by atoms with E-state index in [1.807, 2.05) is 36.0 Å². The van der Waals surface area contributed by atoms with Crippen LogP contribution in [0.5, 0.6) is 0 Å². The average Bonchev–Trinajstić information content (AvgIpc) is 2.79. The molecule has 0 fully saturated rings. The standard InChI is InChI=1S/C13H17N3O/c1-14-7-13-8-16(10-15-13)11-17-9-12-5-3-2-4-6-12/h2-6,8,10,14H,7,9,11H2,1H3. The third-order valence-electron chi connectivity index (χ3n) is 2.40. The zero-order valence-corrected chi connectivity index (χ0v) is 9.97. The SMILES string of the molecule is CNCc1cn(COCc2ccccc2)cn1. The molecule has 0 aliphatic rings. The van der Waals surface area contributed by atoms with Gasteiger partial charge in [-0.1, -0.05) is 30.3 Å². The smallest absolute Gasteiger partial charge is 0.124 e.